The first-order chi connectivity index (χ1) is 6.75. The number of nitrogens with zero attached hydrogens (tertiary/aromatic N) is 1. The zero-order chi connectivity index (χ0) is 9.97. The molecule has 1 heterocycles. The number of para-hydroxylation sites is 1. The van der Waals surface area contributed by atoms with E-state index in [9.17, 15) is 0 Å². The van der Waals surface area contributed by atoms with Gasteiger partial charge in [-0.1, -0.05) is 35.1 Å². The molecule has 0 fully saturated rings. The van der Waals surface area contributed by atoms with E-state index in [-0.39, 0.29) is 0 Å². The van der Waals surface area contributed by atoms with Crippen LogP contribution in [0.2, 0.25) is 5.02 Å². The Bertz CT molecular complexity index is 444. The Morgan fingerprint density at radius 1 is 1.36 bits per heavy atom. The van der Waals surface area contributed by atoms with Gasteiger partial charge in [-0.15, -0.1) is 0 Å². The largest absolute Gasteiger partial charge is 0.429 e. The highest BCUT2D eigenvalue weighted by Gasteiger charge is 2.04. The highest BCUT2D eigenvalue weighted by Crippen LogP contribution is 2.30. The molecule has 2 rings (SSSR count). The summed E-state index contributed by atoms with van der Waals surface area (Å²) in [6, 6.07) is 7.22. The number of benzene rings is 1. The fourth-order valence-electron chi connectivity index (χ4n) is 0.937. The van der Waals surface area contributed by atoms with Gasteiger partial charge in [-0.25, -0.2) is 0 Å². The molecule has 0 aliphatic heterocycles. The van der Waals surface area contributed by atoms with Gasteiger partial charge < -0.3 is 10.5 Å². The van der Waals surface area contributed by atoms with Crippen molar-refractivity contribution in [2.75, 3.05) is 5.73 Å². The summed E-state index contributed by atoms with van der Waals surface area (Å²) in [6.45, 7) is 0. The second-order valence-corrected chi connectivity index (χ2v) is 3.80. The molecule has 72 valence electrons. The topological polar surface area (TPSA) is 48.1 Å². The molecule has 0 aliphatic rings. The predicted octanol–water partition coefficient (Wildman–Crippen LogP) is 3.17. The SMILES string of the molecule is Nc1csc(Oc2ccccc2Cl)n1. The third kappa shape index (κ3) is 1.97. The van der Waals surface area contributed by atoms with Gasteiger partial charge in [-0.3, -0.25) is 0 Å². The van der Waals surface area contributed by atoms with Crippen LogP contribution in [0.25, 0.3) is 0 Å². The van der Waals surface area contributed by atoms with Crippen LogP contribution in [0.5, 0.6) is 10.9 Å². The first-order valence-electron chi connectivity index (χ1n) is 3.89. The van der Waals surface area contributed by atoms with E-state index in [2.05, 4.69) is 4.98 Å². The molecule has 0 aliphatic carbocycles. The molecule has 0 radical (unpaired) electrons. The molecule has 0 spiro atoms. The summed E-state index contributed by atoms with van der Waals surface area (Å²) < 4.78 is 5.43. The van der Waals surface area contributed by atoms with Crippen LogP contribution in [0.3, 0.4) is 0 Å². The van der Waals surface area contributed by atoms with E-state index in [0.717, 1.165) is 0 Å². The molecule has 0 saturated heterocycles. The van der Waals surface area contributed by atoms with Crippen molar-refractivity contribution < 1.29 is 4.74 Å². The van der Waals surface area contributed by atoms with Crippen LogP contribution in [0.4, 0.5) is 5.82 Å². The molecule has 2 N–H and O–H groups in total. The van der Waals surface area contributed by atoms with E-state index in [1.54, 1.807) is 17.5 Å². The molecule has 0 atom stereocenters. The van der Waals surface area contributed by atoms with E-state index in [4.69, 9.17) is 22.1 Å². The second-order valence-electron chi connectivity index (χ2n) is 2.57. The van der Waals surface area contributed by atoms with E-state index in [0.29, 0.717) is 21.8 Å². The van der Waals surface area contributed by atoms with Gasteiger partial charge in [0.2, 0.25) is 0 Å². The van der Waals surface area contributed by atoms with Gasteiger partial charge in [0.05, 0.1) is 5.02 Å². The number of thiazole rings is 1. The highest BCUT2D eigenvalue weighted by molar-refractivity contribution is 7.11. The average molecular weight is 227 g/mol. The van der Waals surface area contributed by atoms with Crippen LogP contribution in [0, 0.1) is 0 Å². The van der Waals surface area contributed by atoms with Crippen LogP contribution < -0.4 is 10.5 Å². The monoisotopic (exact) mass is 226 g/mol. The summed E-state index contributed by atoms with van der Waals surface area (Å²) in [5, 5.41) is 2.77. The molecule has 2 aromatic rings. The smallest absolute Gasteiger partial charge is 0.280 e. The van der Waals surface area contributed by atoms with Crippen molar-refractivity contribution in [3.63, 3.8) is 0 Å². The molecule has 3 nitrogen and oxygen atoms in total. The van der Waals surface area contributed by atoms with E-state index >= 15 is 0 Å². The molecular formula is C9H7ClN2OS. The minimum absolute atomic E-state index is 0.456. The zero-order valence-electron chi connectivity index (χ0n) is 7.11. The number of rotatable bonds is 2. The third-order valence-corrected chi connectivity index (χ3v) is 2.58. The highest BCUT2D eigenvalue weighted by atomic mass is 35.5. The van der Waals surface area contributed by atoms with Gasteiger partial charge in [-0.2, -0.15) is 4.98 Å². The first-order valence-corrected chi connectivity index (χ1v) is 5.15. The Balaban J connectivity index is 2.23. The minimum atomic E-state index is 0.456. The minimum Gasteiger partial charge on any atom is -0.429 e. The number of hydrogen-bond donors (Lipinski definition) is 1. The fourth-order valence-corrected chi connectivity index (χ4v) is 1.68. The maximum atomic E-state index is 5.90. The van der Waals surface area contributed by atoms with Crippen LogP contribution in [-0.4, -0.2) is 4.98 Å². The number of aromatic nitrogens is 1. The predicted molar refractivity (Wildman–Crippen MR) is 58.1 cm³/mol. The first kappa shape index (κ1) is 9.30. The van der Waals surface area contributed by atoms with Crippen molar-refractivity contribution in [2.24, 2.45) is 0 Å². The van der Waals surface area contributed by atoms with Crippen molar-refractivity contribution in [1.82, 2.24) is 4.98 Å². The lowest BCUT2D eigenvalue weighted by Gasteiger charge is -2.02. The summed E-state index contributed by atoms with van der Waals surface area (Å²) in [7, 11) is 0. The maximum Gasteiger partial charge on any atom is 0.280 e. The number of ether oxygens (including phenoxy) is 1. The Hall–Kier alpha value is -1.26. The molecule has 1 aromatic heterocycles. The fraction of sp³-hybridized carbons (Fsp3) is 0. The molecule has 0 bridgehead atoms. The van der Waals surface area contributed by atoms with E-state index in [1.165, 1.54) is 11.3 Å². The van der Waals surface area contributed by atoms with Gasteiger partial charge in [0.1, 0.15) is 11.6 Å². The Labute approximate surface area is 90.1 Å². The number of nitrogens with two attached hydrogens (primary N) is 1. The Morgan fingerprint density at radius 3 is 2.79 bits per heavy atom. The Morgan fingerprint density at radius 2 is 2.14 bits per heavy atom. The van der Waals surface area contributed by atoms with Crippen molar-refractivity contribution in [1.29, 1.82) is 0 Å². The van der Waals surface area contributed by atoms with Crippen molar-refractivity contribution in [3.05, 3.63) is 34.7 Å². The second kappa shape index (κ2) is 3.86. The third-order valence-electron chi connectivity index (χ3n) is 1.53. The van der Waals surface area contributed by atoms with Crippen molar-refractivity contribution >= 4 is 28.8 Å². The summed E-state index contributed by atoms with van der Waals surface area (Å²) in [5.74, 6) is 1.04. The quantitative estimate of drug-likeness (QED) is 0.856. The summed E-state index contributed by atoms with van der Waals surface area (Å²) in [6.07, 6.45) is 0. The normalized spacial score (nSPS) is 10.1. The van der Waals surface area contributed by atoms with Crippen molar-refractivity contribution in [2.45, 2.75) is 0 Å². The van der Waals surface area contributed by atoms with Crippen LogP contribution in [-0.2, 0) is 0 Å². The molecule has 0 unspecified atom stereocenters. The van der Waals surface area contributed by atoms with Gasteiger partial charge in [0, 0.05) is 5.38 Å². The molecule has 0 saturated carbocycles. The number of halogens is 1. The molecule has 0 amide bonds. The van der Waals surface area contributed by atoms with E-state index < -0.39 is 0 Å². The molecular weight excluding hydrogens is 220 g/mol. The number of anilines is 1. The van der Waals surface area contributed by atoms with Gasteiger partial charge >= 0.3 is 0 Å². The number of nitrogen functional groups attached to an aromatic ring is 1. The zero-order valence-corrected chi connectivity index (χ0v) is 8.68. The molecule has 5 heteroatoms. The van der Waals surface area contributed by atoms with E-state index in [1.807, 2.05) is 12.1 Å². The average Bonchev–Trinajstić information content (AvgIpc) is 2.56. The summed E-state index contributed by atoms with van der Waals surface area (Å²) >= 11 is 7.24. The standard InChI is InChI=1S/C9H7ClN2OS/c10-6-3-1-2-4-7(6)13-9-12-8(11)5-14-9/h1-5H,11H2. The molecule has 14 heavy (non-hydrogen) atoms. The molecule has 1 aromatic carbocycles. The Kier molecular flexibility index (Phi) is 2.56. The lowest BCUT2D eigenvalue weighted by atomic mass is 10.3. The van der Waals surface area contributed by atoms with Gasteiger partial charge in [0.15, 0.2) is 0 Å². The van der Waals surface area contributed by atoms with Crippen LogP contribution >= 0.6 is 22.9 Å². The van der Waals surface area contributed by atoms with Crippen LogP contribution in [0.1, 0.15) is 0 Å². The van der Waals surface area contributed by atoms with Crippen LogP contribution in [0.15, 0.2) is 29.6 Å². The maximum absolute atomic E-state index is 5.90. The number of hydrogen-bond acceptors (Lipinski definition) is 4. The lowest BCUT2D eigenvalue weighted by molar-refractivity contribution is 0.480. The van der Waals surface area contributed by atoms with Crippen molar-refractivity contribution in [3.8, 4) is 10.9 Å². The van der Waals surface area contributed by atoms with Gasteiger partial charge in [-0.05, 0) is 12.1 Å². The summed E-state index contributed by atoms with van der Waals surface area (Å²) in [4.78, 5) is 3.96. The summed E-state index contributed by atoms with van der Waals surface area (Å²) in [5.41, 5.74) is 5.46. The lowest BCUT2D eigenvalue weighted by Crippen LogP contribution is -1.86. The van der Waals surface area contributed by atoms with Gasteiger partial charge in [0.25, 0.3) is 5.19 Å².